The van der Waals surface area contributed by atoms with Crippen LogP contribution < -0.4 is 10.6 Å². The van der Waals surface area contributed by atoms with Crippen LogP contribution in [0, 0.1) is 5.92 Å². The molecule has 0 aromatic heterocycles. The first kappa shape index (κ1) is 14.2. The van der Waals surface area contributed by atoms with E-state index in [0.717, 1.165) is 18.2 Å². The molecule has 1 aliphatic carbocycles. The summed E-state index contributed by atoms with van der Waals surface area (Å²) >= 11 is 0. The number of anilines is 2. The van der Waals surface area contributed by atoms with Crippen LogP contribution in [0.2, 0.25) is 0 Å². The van der Waals surface area contributed by atoms with Crippen molar-refractivity contribution < 1.29 is 8.42 Å². The van der Waals surface area contributed by atoms with Gasteiger partial charge in [0.15, 0.2) is 9.84 Å². The van der Waals surface area contributed by atoms with E-state index >= 15 is 0 Å². The molecular weight excluding hydrogens is 260 g/mol. The molecule has 1 aliphatic rings. The van der Waals surface area contributed by atoms with E-state index in [1.165, 1.54) is 19.1 Å². The molecule has 0 saturated heterocycles. The Morgan fingerprint density at radius 2 is 2.00 bits per heavy atom. The third kappa shape index (κ3) is 3.21. The van der Waals surface area contributed by atoms with Gasteiger partial charge in [0.25, 0.3) is 0 Å². The van der Waals surface area contributed by atoms with Crippen molar-refractivity contribution >= 4 is 21.2 Å². The number of nitrogen functional groups attached to an aromatic ring is 1. The van der Waals surface area contributed by atoms with Gasteiger partial charge in [-0.3, -0.25) is 0 Å². The first-order valence-corrected chi connectivity index (χ1v) is 8.55. The SMILES string of the molecule is CC(C)N(CC1CC1)c1cccc(S(C)(=O)=O)c1N. The van der Waals surface area contributed by atoms with Crippen LogP contribution in [-0.4, -0.2) is 27.3 Å². The summed E-state index contributed by atoms with van der Waals surface area (Å²) in [6.45, 7) is 5.17. The van der Waals surface area contributed by atoms with Crippen molar-refractivity contribution in [2.75, 3.05) is 23.4 Å². The smallest absolute Gasteiger partial charge is 0.177 e. The van der Waals surface area contributed by atoms with Crippen LogP contribution in [0.25, 0.3) is 0 Å². The fraction of sp³-hybridized carbons (Fsp3) is 0.571. The van der Waals surface area contributed by atoms with Gasteiger partial charge < -0.3 is 10.6 Å². The Morgan fingerprint density at radius 3 is 2.47 bits per heavy atom. The molecule has 0 unspecified atom stereocenters. The molecule has 1 aromatic carbocycles. The second-order valence-corrected chi connectivity index (χ2v) is 7.63. The Hall–Kier alpha value is -1.23. The number of nitrogens with two attached hydrogens (primary N) is 1. The average Bonchev–Trinajstić information content (AvgIpc) is 3.08. The van der Waals surface area contributed by atoms with Gasteiger partial charge in [-0.1, -0.05) is 6.07 Å². The van der Waals surface area contributed by atoms with E-state index in [9.17, 15) is 8.42 Å². The number of hydrogen-bond donors (Lipinski definition) is 1. The van der Waals surface area contributed by atoms with E-state index < -0.39 is 9.84 Å². The van der Waals surface area contributed by atoms with Crippen molar-refractivity contribution in [1.29, 1.82) is 0 Å². The average molecular weight is 282 g/mol. The van der Waals surface area contributed by atoms with E-state index in [1.807, 2.05) is 6.07 Å². The first-order valence-electron chi connectivity index (χ1n) is 6.66. The molecule has 2 rings (SSSR count). The van der Waals surface area contributed by atoms with Crippen LogP contribution in [0.15, 0.2) is 23.1 Å². The number of benzene rings is 1. The zero-order valence-electron chi connectivity index (χ0n) is 11.8. The molecule has 0 amide bonds. The fourth-order valence-corrected chi connectivity index (χ4v) is 3.10. The lowest BCUT2D eigenvalue weighted by molar-refractivity contribution is 0.602. The first-order chi connectivity index (χ1) is 8.80. The van der Waals surface area contributed by atoms with Crippen molar-refractivity contribution in [2.24, 2.45) is 5.92 Å². The Morgan fingerprint density at radius 1 is 1.37 bits per heavy atom. The number of rotatable bonds is 5. The maximum absolute atomic E-state index is 11.7. The van der Waals surface area contributed by atoms with Gasteiger partial charge in [-0.15, -0.1) is 0 Å². The molecule has 0 spiro atoms. The number of sulfone groups is 1. The van der Waals surface area contributed by atoms with Crippen molar-refractivity contribution in [3.8, 4) is 0 Å². The summed E-state index contributed by atoms with van der Waals surface area (Å²) in [5, 5.41) is 0. The van der Waals surface area contributed by atoms with Gasteiger partial charge in [0.1, 0.15) is 0 Å². The monoisotopic (exact) mass is 282 g/mol. The molecule has 1 aromatic rings. The van der Waals surface area contributed by atoms with E-state index in [0.29, 0.717) is 11.7 Å². The van der Waals surface area contributed by atoms with Crippen molar-refractivity contribution in [1.82, 2.24) is 0 Å². The van der Waals surface area contributed by atoms with E-state index in [-0.39, 0.29) is 4.90 Å². The summed E-state index contributed by atoms with van der Waals surface area (Å²) in [4.78, 5) is 2.44. The molecule has 1 saturated carbocycles. The Bertz CT molecular complexity index is 563. The van der Waals surface area contributed by atoms with Crippen LogP contribution in [0.5, 0.6) is 0 Å². The summed E-state index contributed by atoms with van der Waals surface area (Å²) < 4.78 is 23.5. The van der Waals surface area contributed by atoms with Crippen LogP contribution in [0.4, 0.5) is 11.4 Å². The van der Waals surface area contributed by atoms with Crippen LogP contribution >= 0.6 is 0 Å². The predicted octanol–water partition coefficient (Wildman–Crippen LogP) is 2.30. The molecule has 5 heteroatoms. The maximum atomic E-state index is 11.7. The maximum Gasteiger partial charge on any atom is 0.177 e. The zero-order valence-corrected chi connectivity index (χ0v) is 12.6. The fourth-order valence-electron chi connectivity index (χ4n) is 2.27. The lowest BCUT2D eigenvalue weighted by Crippen LogP contribution is -2.33. The Balaban J connectivity index is 2.42. The van der Waals surface area contributed by atoms with Crippen LogP contribution in [0.1, 0.15) is 26.7 Å². The number of hydrogen-bond acceptors (Lipinski definition) is 4. The van der Waals surface area contributed by atoms with Gasteiger partial charge in [-0.25, -0.2) is 8.42 Å². The standard InChI is InChI=1S/C14H22N2O2S/c1-10(2)16(9-11-7-8-11)12-5-4-6-13(14(12)15)19(3,17)18/h4-6,10-11H,7-9,15H2,1-3H3. The minimum Gasteiger partial charge on any atom is -0.396 e. The molecular formula is C14H22N2O2S. The minimum atomic E-state index is -3.28. The van der Waals surface area contributed by atoms with Gasteiger partial charge >= 0.3 is 0 Å². The number of para-hydroxylation sites is 1. The van der Waals surface area contributed by atoms with Gasteiger partial charge in [0.05, 0.1) is 16.3 Å². The topological polar surface area (TPSA) is 63.4 Å². The van der Waals surface area contributed by atoms with Gasteiger partial charge in [-0.05, 0) is 44.7 Å². The molecule has 19 heavy (non-hydrogen) atoms. The van der Waals surface area contributed by atoms with E-state index in [1.54, 1.807) is 12.1 Å². The summed E-state index contributed by atoms with van der Waals surface area (Å²) in [7, 11) is -3.28. The molecule has 0 heterocycles. The van der Waals surface area contributed by atoms with Gasteiger partial charge in [0.2, 0.25) is 0 Å². The lowest BCUT2D eigenvalue weighted by Gasteiger charge is -2.30. The summed E-state index contributed by atoms with van der Waals surface area (Å²) in [6, 6.07) is 5.55. The summed E-state index contributed by atoms with van der Waals surface area (Å²) in [6.07, 6.45) is 3.72. The van der Waals surface area contributed by atoms with Crippen LogP contribution in [0.3, 0.4) is 0 Å². The molecule has 1 fully saturated rings. The molecule has 106 valence electrons. The van der Waals surface area contributed by atoms with E-state index in [4.69, 9.17) is 5.73 Å². The minimum absolute atomic E-state index is 0.228. The third-order valence-electron chi connectivity index (χ3n) is 3.53. The third-order valence-corrected chi connectivity index (χ3v) is 4.68. The normalized spacial score (nSPS) is 15.8. The van der Waals surface area contributed by atoms with Crippen molar-refractivity contribution in [2.45, 2.75) is 37.6 Å². The number of nitrogens with zero attached hydrogens (tertiary/aromatic N) is 1. The predicted molar refractivity (Wildman–Crippen MR) is 79.2 cm³/mol. The van der Waals surface area contributed by atoms with Crippen LogP contribution in [-0.2, 0) is 9.84 Å². The lowest BCUT2D eigenvalue weighted by atomic mass is 10.2. The second-order valence-electron chi connectivity index (χ2n) is 5.65. The second kappa shape index (κ2) is 5.04. The highest BCUT2D eigenvalue weighted by molar-refractivity contribution is 7.90. The molecule has 0 bridgehead atoms. The zero-order chi connectivity index (χ0) is 14.2. The highest BCUT2D eigenvalue weighted by Gasteiger charge is 2.27. The molecule has 0 atom stereocenters. The molecule has 0 radical (unpaired) electrons. The molecule has 0 aliphatic heterocycles. The molecule has 2 N–H and O–H groups in total. The van der Waals surface area contributed by atoms with Crippen molar-refractivity contribution in [3.05, 3.63) is 18.2 Å². The summed E-state index contributed by atoms with van der Waals surface area (Å²) in [5.41, 5.74) is 7.30. The Kier molecular flexibility index (Phi) is 3.76. The highest BCUT2D eigenvalue weighted by Crippen LogP contribution is 2.36. The van der Waals surface area contributed by atoms with Gasteiger partial charge in [-0.2, -0.15) is 0 Å². The summed E-state index contributed by atoms with van der Waals surface area (Å²) in [5.74, 6) is 0.726. The molecule has 4 nitrogen and oxygen atoms in total. The largest absolute Gasteiger partial charge is 0.396 e. The van der Waals surface area contributed by atoms with Gasteiger partial charge in [0, 0.05) is 18.8 Å². The van der Waals surface area contributed by atoms with Crippen molar-refractivity contribution in [3.63, 3.8) is 0 Å². The van der Waals surface area contributed by atoms with E-state index in [2.05, 4.69) is 18.7 Å². The Labute approximate surface area is 115 Å². The quantitative estimate of drug-likeness (QED) is 0.842. The highest BCUT2D eigenvalue weighted by atomic mass is 32.2.